The van der Waals surface area contributed by atoms with Crippen LogP contribution < -0.4 is 15.5 Å². The number of hydrogen-bond donors (Lipinski definition) is 2. The number of halogens is 2. The zero-order valence-corrected chi connectivity index (χ0v) is 20.3. The third-order valence-corrected chi connectivity index (χ3v) is 5.62. The largest absolute Gasteiger partial charge is 0.377 e. The highest BCUT2D eigenvalue weighted by Gasteiger charge is 2.35. The zero-order valence-electron chi connectivity index (χ0n) is 17.9. The number of ether oxygens (including phenoxy) is 1. The van der Waals surface area contributed by atoms with Gasteiger partial charge in [0.05, 0.1) is 6.10 Å². The first-order valence-electron chi connectivity index (χ1n) is 10.3. The van der Waals surface area contributed by atoms with Gasteiger partial charge >= 0.3 is 0 Å². The molecule has 2 fully saturated rings. The number of rotatable bonds is 4. The van der Waals surface area contributed by atoms with Gasteiger partial charge in [-0.15, -0.1) is 24.0 Å². The molecular weight excluding hydrogens is 484 g/mol. The molecule has 1 aromatic heterocycles. The average molecular weight is 519 g/mol. The van der Waals surface area contributed by atoms with Crippen molar-refractivity contribution in [1.82, 2.24) is 15.6 Å². The van der Waals surface area contributed by atoms with Crippen LogP contribution in [0.25, 0.3) is 0 Å². The Morgan fingerprint density at radius 3 is 2.86 bits per heavy atom. The second kappa shape index (κ2) is 10.7. The van der Waals surface area contributed by atoms with Gasteiger partial charge in [0, 0.05) is 51.4 Å². The molecule has 0 amide bonds. The van der Waals surface area contributed by atoms with Crippen LogP contribution in [0.2, 0.25) is 0 Å². The normalized spacial score (nSPS) is 25.5. The van der Waals surface area contributed by atoms with Crippen LogP contribution in [0, 0.1) is 17.2 Å². The zero-order chi connectivity index (χ0) is 20.1. The van der Waals surface area contributed by atoms with Crippen molar-refractivity contribution >= 4 is 35.8 Å². The summed E-state index contributed by atoms with van der Waals surface area (Å²) < 4.78 is 20.1. The fraction of sp³-hybridized carbons (Fsp3) is 0.714. The van der Waals surface area contributed by atoms with Crippen LogP contribution in [-0.2, 0) is 4.74 Å². The highest BCUT2D eigenvalue weighted by molar-refractivity contribution is 14.0. The fourth-order valence-electron chi connectivity index (χ4n) is 4.31. The molecule has 164 valence electrons. The van der Waals surface area contributed by atoms with E-state index in [9.17, 15) is 4.39 Å². The highest BCUT2D eigenvalue weighted by Crippen LogP contribution is 2.33. The van der Waals surface area contributed by atoms with Crippen molar-refractivity contribution in [3.05, 3.63) is 24.1 Å². The molecule has 2 aliphatic heterocycles. The number of aliphatic imine (C=N–C) groups is 1. The van der Waals surface area contributed by atoms with E-state index in [2.05, 4.69) is 41.4 Å². The van der Waals surface area contributed by atoms with E-state index in [0.29, 0.717) is 18.3 Å². The number of pyridine rings is 1. The molecule has 0 saturated carbocycles. The molecule has 0 bridgehead atoms. The summed E-state index contributed by atoms with van der Waals surface area (Å²) in [6.07, 6.45) is 5.09. The minimum atomic E-state index is -0.267. The van der Waals surface area contributed by atoms with Crippen LogP contribution in [0.15, 0.2) is 23.3 Å². The van der Waals surface area contributed by atoms with Gasteiger partial charge in [0.2, 0.25) is 0 Å². The van der Waals surface area contributed by atoms with E-state index in [1.807, 2.05) is 4.90 Å². The van der Waals surface area contributed by atoms with Gasteiger partial charge in [-0.25, -0.2) is 9.37 Å². The molecule has 0 spiro atoms. The summed E-state index contributed by atoms with van der Waals surface area (Å²) in [4.78, 5) is 10.6. The summed E-state index contributed by atoms with van der Waals surface area (Å²) in [5.74, 6) is 1.43. The minimum Gasteiger partial charge on any atom is -0.377 e. The fourth-order valence-corrected chi connectivity index (χ4v) is 4.31. The van der Waals surface area contributed by atoms with Gasteiger partial charge in [-0.3, -0.25) is 4.99 Å². The Kier molecular flexibility index (Phi) is 8.93. The molecule has 0 aromatic carbocycles. The smallest absolute Gasteiger partial charge is 0.191 e. The van der Waals surface area contributed by atoms with Crippen LogP contribution in [0.3, 0.4) is 0 Å². The van der Waals surface area contributed by atoms with Gasteiger partial charge in [0.1, 0.15) is 0 Å². The Morgan fingerprint density at radius 2 is 2.17 bits per heavy atom. The number of anilines is 1. The molecule has 0 radical (unpaired) electrons. The minimum absolute atomic E-state index is 0. The van der Waals surface area contributed by atoms with Crippen LogP contribution in [0.1, 0.15) is 40.0 Å². The molecule has 8 heteroatoms. The Balaban J connectivity index is 0.00000300. The average Bonchev–Trinajstić information content (AvgIpc) is 3.13. The molecule has 3 atom stereocenters. The first-order chi connectivity index (χ1) is 13.4. The summed E-state index contributed by atoms with van der Waals surface area (Å²) in [6.45, 7) is 9.92. The lowest BCUT2D eigenvalue weighted by Gasteiger charge is -2.40. The monoisotopic (exact) mass is 519 g/mol. The Labute approximate surface area is 191 Å². The molecule has 0 aliphatic carbocycles. The lowest BCUT2D eigenvalue weighted by atomic mass is 9.78. The summed E-state index contributed by atoms with van der Waals surface area (Å²) in [7, 11) is 1.79. The van der Waals surface area contributed by atoms with Crippen molar-refractivity contribution in [2.24, 2.45) is 16.3 Å². The van der Waals surface area contributed by atoms with Gasteiger partial charge in [-0.2, -0.15) is 0 Å². The maximum absolute atomic E-state index is 14.0. The standard InChI is InChI=1S/C21H34FN5O.HI/c1-21(2,3)18-15(7-6-12-28-18)13-25-20(23-4)26-16-9-11-27(14-16)19-17(22)8-5-10-24-19;/h5,8,10,15-16,18H,6-7,9,11-14H2,1-4H3,(H2,23,25,26);1H. The van der Waals surface area contributed by atoms with E-state index in [0.717, 1.165) is 38.5 Å². The van der Waals surface area contributed by atoms with Gasteiger partial charge in [-0.05, 0) is 36.8 Å². The molecular formula is C21H35FIN5O. The predicted octanol–water partition coefficient (Wildman–Crippen LogP) is 3.42. The van der Waals surface area contributed by atoms with E-state index >= 15 is 0 Å². The Morgan fingerprint density at radius 1 is 1.38 bits per heavy atom. The van der Waals surface area contributed by atoms with Gasteiger partial charge in [0.25, 0.3) is 0 Å². The van der Waals surface area contributed by atoms with E-state index in [4.69, 9.17) is 4.74 Å². The summed E-state index contributed by atoms with van der Waals surface area (Å²) in [5, 5.41) is 6.97. The SMILES string of the molecule is CN=C(NCC1CCCOC1C(C)(C)C)NC1CCN(c2ncccc2F)C1.I. The van der Waals surface area contributed by atoms with Crippen LogP contribution >= 0.6 is 24.0 Å². The molecule has 2 N–H and O–H groups in total. The number of nitrogens with one attached hydrogen (secondary N) is 2. The number of hydrogen-bond acceptors (Lipinski definition) is 4. The molecule has 2 aliphatic rings. The second-order valence-corrected chi connectivity index (χ2v) is 8.90. The van der Waals surface area contributed by atoms with Gasteiger partial charge < -0.3 is 20.3 Å². The lowest BCUT2D eigenvalue weighted by Crippen LogP contribution is -2.49. The first kappa shape index (κ1) is 24.1. The van der Waals surface area contributed by atoms with Crippen molar-refractivity contribution in [1.29, 1.82) is 0 Å². The molecule has 3 unspecified atom stereocenters. The van der Waals surface area contributed by atoms with Crippen LogP contribution in [0.5, 0.6) is 0 Å². The van der Waals surface area contributed by atoms with Crippen LogP contribution in [-0.4, -0.2) is 56.4 Å². The van der Waals surface area contributed by atoms with Crippen LogP contribution in [0.4, 0.5) is 10.2 Å². The van der Waals surface area contributed by atoms with Crippen molar-refractivity contribution in [3.8, 4) is 0 Å². The van der Waals surface area contributed by atoms with Crippen molar-refractivity contribution in [3.63, 3.8) is 0 Å². The number of nitrogens with zero attached hydrogens (tertiary/aromatic N) is 3. The van der Waals surface area contributed by atoms with E-state index in [1.54, 1.807) is 19.3 Å². The molecule has 3 heterocycles. The van der Waals surface area contributed by atoms with Crippen molar-refractivity contribution in [2.45, 2.75) is 52.2 Å². The van der Waals surface area contributed by atoms with Gasteiger partial charge in [-0.1, -0.05) is 20.8 Å². The third-order valence-electron chi connectivity index (χ3n) is 5.62. The highest BCUT2D eigenvalue weighted by atomic mass is 127. The molecule has 2 saturated heterocycles. The van der Waals surface area contributed by atoms with E-state index in [1.165, 1.54) is 12.5 Å². The topological polar surface area (TPSA) is 61.8 Å². The first-order valence-corrected chi connectivity index (χ1v) is 10.3. The molecule has 3 rings (SSSR count). The number of guanidine groups is 1. The maximum Gasteiger partial charge on any atom is 0.191 e. The molecule has 6 nitrogen and oxygen atoms in total. The van der Waals surface area contributed by atoms with Crippen molar-refractivity contribution in [2.75, 3.05) is 38.2 Å². The lowest BCUT2D eigenvalue weighted by molar-refractivity contribution is -0.0835. The predicted molar refractivity (Wildman–Crippen MR) is 127 cm³/mol. The van der Waals surface area contributed by atoms with E-state index < -0.39 is 0 Å². The van der Waals surface area contributed by atoms with Crippen molar-refractivity contribution < 1.29 is 9.13 Å². The number of aromatic nitrogens is 1. The summed E-state index contributed by atoms with van der Waals surface area (Å²) >= 11 is 0. The summed E-state index contributed by atoms with van der Waals surface area (Å²) in [6, 6.07) is 3.30. The molecule has 29 heavy (non-hydrogen) atoms. The quantitative estimate of drug-likeness (QED) is 0.363. The van der Waals surface area contributed by atoms with Gasteiger partial charge in [0.15, 0.2) is 17.6 Å². The molecule has 1 aromatic rings. The van der Waals surface area contributed by atoms with E-state index in [-0.39, 0.29) is 47.4 Å². The maximum atomic E-state index is 14.0. The Bertz CT molecular complexity index is 681. The second-order valence-electron chi connectivity index (χ2n) is 8.90. The Hall–Kier alpha value is -1.16. The third kappa shape index (κ3) is 6.41. The summed E-state index contributed by atoms with van der Waals surface area (Å²) in [5.41, 5.74) is 0.127.